The third-order valence-corrected chi connectivity index (χ3v) is 4.85. The van der Waals surface area contributed by atoms with E-state index >= 15 is 0 Å². The fourth-order valence-corrected chi connectivity index (χ4v) is 3.25. The van der Waals surface area contributed by atoms with E-state index in [1.54, 1.807) is 7.05 Å². The molecule has 0 aliphatic heterocycles. The molecule has 0 aliphatic carbocycles. The first kappa shape index (κ1) is 28.5. The molecule has 2 aromatic rings. The van der Waals surface area contributed by atoms with Crippen molar-refractivity contribution in [1.29, 1.82) is 0 Å². The highest BCUT2D eigenvalue weighted by Gasteiger charge is 2.12. The predicted molar refractivity (Wildman–Crippen MR) is 145 cm³/mol. The lowest BCUT2D eigenvalue weighted by Gasteiger charge is -2.20. The molecule has 8 heteroatoms. The second kappa shape index (κ2) is 15.4. The molecule has 2 aromatic carbocycles. The molecule has 0 aliphatic rings. The highest BCUT2D eigenvalue weighted by Crippen LogP contribution is 2.30. The molecule has 0 saturated heterocycles. The molecule has 0 bridgehead atoms. The van der Waals surface area contributed by atoms with E-state index < -0.39 is 0 Å². The van der Waals surface area contributed by atoms with E-state index in [9.17, 15) is 4.79 Å². The fraction of sp³-hybridized carbons (Fsp3) is 0.440. The van der Waals surface area contributed by atoms with Crippen molar-refractivity contribution in [3.63, 3.8) is 0 Å². The van der Waals surface area contributed by atoms with Crippen molar-refractivity contribution < 1.29 is 14.3 Å². The fourth-order valence-electron chi connectivity index (χ4n) is 3.25. The molecule has 0 fully saturated rings. The summed E-state index contributed by atoms with van der Waals surface area (Å²) in [5.41, 5.74) is 2.82. The number of benzene rings is 2. The Hall–Kier alpha value is -2.49. The van der Waals surface area contributed by atoms with E-state index in [1.165, 1.54) is 0 Å². The number of guanidine groups is 1. The molecule has 0 radical (unpaired) electrons. The molecule has 182 valence electrons. The van der Waals surface area contributed by atoms with Crippen molar-refractivity contribution in [2.45, 2.75) is 40.2 Å². The summed E-state index contributed by atoms with van der Waals surface area (Å²) in [7, 11) is 1.64. The van der Waals surface area contributed by atoms with Crippen LogP contribution in [-0.4, -0.2) is 45.2 Å². The number of nitrogens with one attached hydrogen (secondary N) is 3. The van der Waals surface area contributed by atoms with Crippen LogP contribution in [-0.2, 0) is 6.42 Å². The smallest absolute Gasteiger partial charge is 0.251 e. The number of rotatable bonds is 11. The van der Waals surface area contributed by atoms with Crippen LogP contribution in [0.15, 0.2) is 47.5 Å². The summed E-state index contributed by atoms with van der Waals surface area (Å²) >= 11 is 0. The van der Waals surface area contributed by atoms with E-state index in [0.717, 1.165) is 41.6 Å². The van der Waals surface area contributed by atoms with Crippen LogP contribution in [0.25, 0.3) is 0 Å². The molecule has 33 heavy (non-hydrogen) atoms. The zero-order chi connectivity index (χ0) is 23.3. The van der Waals surface area contributed by atoms with E-state index in [2.05, 4.69) is 22.9 Å². The van der Waals surface area contributed by atoms with E-state index in [0.29, 0.717) is 25.3 Å². The number of carbonyl (C=O) groups excluding carboxylic acids is 1. The van der Waals surface area contributed by atoms with Gasteiger partial charge in [0.05, 0.1) is 19.3 Å². The summed E-state index contributed by atoms with van der Waals surface area (Å²) in [5.74, 6) is 2.17. The van der Waals surface area contributed by atoms with Crippen molar-refractivity contribution in [3.8, 4) is 11.5 Å². The molecule has 0 spiro atoms. The number of hydrogen-bond acceptors (Lipinski definition) is 4. The summed E-state index contributed by atoms with van der Waals surface area (Å²) in [5, 5.41) is 9.41. The summed E-state index contributed by atoms with van der Waals surface area (Å²) in [6, 6.07) is 13.7. The van der Waals surface area contributed by atoms with Gasteiger partial charge in [-0.2, -0.15) is 0 Å². The minimum Gasteiger partial charge on any atom is -0.490 e. The molecule has 1 atom stereocenters. The summed E-state index contributed by atoms with van der Waals surface area (Å²) in [6.45, 7) is 10.6. The van der Waals surface area contributed by atoms with Crippen molar-refractivity contribution in [2.75, 3.05) is 33.4 Å². The molecule has 2 rings (SSSR count). The molecule has 0 heterocycles. The predicted octanol–water partition coefficient (Wildman–Crippen LogP) is 4.32. The quantitative estimate of drug-likeness (QED) is 0.214. The Kier molecular flexibility index (Phi) is 13.3. The van der Waals surface area contributed by atoms with Gasteiger partial charge in [0, 0.05) is 25.7 Å². The minimum atomic E-state index is -0.0824. The normalized spacial score (nSPS) is 11.7. The molecule has 1 amide bonds. The third-order valence-electron chi connectivity index (χ3n) is 4.85. The second-order valence-corrected chi connectivity index (χ2v) is 7.23. The van der Waals surface area contributed by atoms with Crippen molar-refractivity contribution >= 4 is 35.8 Å². The molecule has 0 saturated carbocycles. The van der Waals surface area contributed by atoms with Crippen LogP contribution in [0.1, 0.15) is 55.2 Å². The Morgan fingerprint density at radius 1 is 1.03 bits per heavy atom. The van der Waals surface area contributed by atoms with Gasteiger partial charge in [0.1, 0.15) is 0 Å². The van der Waals surface area contributed by atoms with Gasteiger partial charge in [0.2, 0.25) is 0 Å². The van der Waals surface area contributed by atoms with Crippen LogP contribution < -0.4 is 25.4 Å². The average Bonchev–Trinajstić information content (AvgIpc) is 2.80. The first-order valence-corrected chi connectivity index (χ1v) is 11.3. The number of ether oxygens (including phenoxy) is 2. The van der Waals surface area contributed by atoms with Crippen molar-refractivity contribution in [2.24, 2.45) is 4.99 Å². The Labute approximate surface area is 214 Å². The van der Waals surface area contributed by atoms with E-state index in [-0.39, 0.29) is 35.9 Å². The maximum Gasteiger partial charge on any atom is 0.251 e. The molecule has 0 aromatic heterocycles. The summed E-state index contributed by atoms with van der Waals surface area (Å²) in [6.07, 6.45) is 0.743. The van der Waals surface area contributed by atoms with Gasteiger partial charge >= 0.3 is 0 Å². The first-order chi connectivity index (χ1) is 15.5. The topological polar surface area (TPSA) is 84.0 Å². The van der Waals surface area contributed by atoms with Gasteiger partial charge in [-0.25, -0.2) is 0 Å². The van der Waals surface area contributed by atoms with Crippen LogP contribution in [0.3, 0.4) is 0 Å². The van der Waals surface area contributed by atoms with Crippen LogP contribution in [0.4, 0.5) is 0 Å². The van der Waals surface area contributed by atoms with Crippen LogP contribution in [0.2, 0.25) is 0 Å². The van der Waals surface area contributed by atoms with Crippen molar-refractivity contribution in [3.05, 3.63) is 59.2 Å². The van der Waals surface area contributed by atoms with Gasteiger partial charge in [-0.1, -0.05) is 18.2 Å². The lowest BCUT2D eigenvalue weighted by molar-refractivity contribution is 0.0963. The number of halogens is 1. The van der Waals surface area contributed by atoms with Gasteiger partial charge in [-0.15, -0.1) is 24.0 Å². The minimum absolute atomic E-state index is 0. The molecule has 3 N–H and O–H groups in total. The number of aliphatic imine (C=N–C) groups is 1. The molecule has 1 unspecified atom stereocenters. The van der Waals surface area contributed by atoms with Gasteiger partial charge in [0.25, 0.3) is 5.91 Å². The average molecular weight is 569 g/mol. The molecule has 7 nitrogen and oxygen atoms in total. The number of hydrogen-bond donors (Lipinski definition) is 3. The Morgan fingerprint density at radius 2 is 1.76 bits per heavy atom. The molecular formula is C25H37IN4O3. The number of amides is 1. The highest BCUT2D eigenvalue weighted by atomic mass is 127. The van der Waals surface area contributed by atoms with Crippen LogP contribution in [0.5, 0.6) is 11.5 Å². The highest BCUT2D eigenvalue weighted by molar-refractivity contribution is 14.0. The zero-order valence-corrected chi connectivity index (χ0v) is 22.6. The van der Waals surface area contributed by atoms with Crippen LogP contribution >= 0.6 is 24.0 Å². The Balaban J connectivity index is 0.00000544. The van der Waals surface area contributed by atoms with E-state index in [1.807, 2.05) is 63.2 Å². The Morgan fingerprint density at radius 3 is 2.42 bits per heavy atom. The summed E-state index contributed by atoms with van der Waals surface area (Å²) in [4.78, 5) is 16.5. The maximum atomic E-state index is 11.8. The standard InChI is InChI=1S/C25H36N4O3.HI/c1-6-27-25(28-15-14-19-10-9-11-21(16-19)24(30)26-5)29-18(4)20-12-13-22(31-7-2)23(17-20)32-8-3;/h9-13,16-18H,6-8,14-15H2,1-5H3,(H,26,30)(H2,27,28,29);1H. The van der Waals surface area contributed by atoms with E-state index in [4.69, 9.17) is 14.5 Å². The molecular weight excluding hydrogens is 531 g/mol. The summed E-state index contributed by atoms with van der Waals surface area (Å²) < 4.78 is 11.4. The van der Waals surface area contributed by atoms with Gasteiger partial charge in [-0.3, -0.25) is 9.79 Å². The Bertz CT molecular complexity index is 905. The monoisotopic (exact) mass is 568 g/mol. The maximum absolute atomic E-state index is 11.8. The largest absolute Gasteiger partial charge is 0.490 e. The lowest BCUT2D eigenvalue weighted by Crippen LogP contribution is -2.38. The SMILES string of the molecule is CCNC(=NCCc1cccc(C(=O)NC)c1)NC(C)c1ccc(OCC)c(OCC)c1.I. The van der Waals surface area contributed by atoms with Gasteiger partial charge in [-0.05, 0) is 69.5 Å². The zero-order valence-electron chi connectivity index (χ0n) is 20.2. The van der Waals surface area contributed by atoms with Gasteiger partial charge < -0.3 is 25.4 Å². The number of carbonyl (C=O) groups is 1. The van der Waals surface area contributed by atoms with Gasteiger partial charge in [0.15, 0.2) is 17.5 Å². The first-order valence-electron chi connectivity index (χ1n) is 11.3. The lowest BCUT2D eigenvalue weighted by atomic mass is 10.1. The third kappa shape index (κ3) is 9.11. The van der Waals surface area contributed by atoms with Crippen LogP contribution in [0, 0.1) is 0 Å². The van der Waals surface area contributed by atoms with Crippen molar-refractivity contribution in [1.82, 2.24) is 16.0 Å². The number of nitrogens with zero attached hydrogens (tertiary/aromatic N) is 1. The second-order valence-electron chi connectivity index (χ2n) is 7.23.